The minimum absolute atomic E-state index is 0.0957. The highest BCUT2D eigenvalue weighted by Crippen LogP contribution is 2.31. The van der Waals surface area contributed by atoms with E-state index in [0.717, 1.165) is 0 Å². The molecular weight excluding hydrogens is 354 g/mol. The smallest absolute Gasteiger partial charge is 0.321 e. The lowest BCUT2D eigenvalue weighted by atomic mass is 10.1. The number of nitrogens with zero attached hydrogens (tertiary/aromatic N) is 1. The van der Waals surface area contributed by atoms with Crippen LogP contribution in [-0.2, 0) is 19.1 Å². The van der Waals surface area contributed by atoms with Gasteiger partial charge in [-0.3, -0.25) is 19.7 Å². The number of esters is 1. The molecule has 0 aromatic heterocycles. The summed E-state index contributed by atoms with van der Waals surface area (Å²) in [6.45, 7) is 4.72. The first-order valence-corrected chi connectivity index (χ1v) is 8.45. The summed E-state index contributed by atoms with van der Waals surface area (Å²) in [4.78, 5) is 48.5. The van der Waals surface area contributed by atoms with Crippen LogP contribution >= 0.6 is 0 Å². The van der Waals surface area contributed by atoms with E-state index in [1.54, 1.807) is 45.0 Å². The Hall–Kier alpha value is -3.10. The van der Waals surface area contributed by atoms with E-state index in [1.165, 1.54) is 4.90 Å². The number of anilines is 1. The van der Waals surface area contributed by atoms with E-state index in [-0.39, 0.29) is 25.5 Å². The van der Waals surface area contributed by atoms with Crippen molar-refractivity contribution in [3.63, 3.8) is 0 Å². The van der Waals surface area contributed by atoms with Crippen LogP contribution in [0.2, 0.25) is 0 Å². The van der Waals surface area contributed by atoms with Crippen molar-refractivity contribution in [2.24, 2.45) is 0 Å². The summed E-state index contributed by atoms with van der Waals surface area (Å²) in [5.74, 6) is -1.09. The lowest BCUT2D eigenvalue weighted by Crippen LogP contribution is -2.49. The average Bonchev–Trinajstić information content (AvgIpc) is 2.57. The van der Waals surface area contributed by atoms with Crippen molar-refractivity contribution in [3.8, 4) is 5.75 Å². The van der Waals surface area contributed by atoms with Gasteiger partial charge in [0.05, 0.1) is 12.1 Å². The average molecular weight is 377 g/mol. The van der Waals surface area contributed by atoms with Crippen LogP contribution in [-0.4, -0.2) is 49.1 Å². The Balaban J connectivity index is 1.77. The molecule has 2 rings (SSSR count). The minimum atomic E-state index is -0.738. The zero-order valence-corrected chi connectivity index (χ0v) is 15.5. The highest BCUT2D eigenvalue weighted by atomic mass is 16.5. The first-order valence-electron chi connectivity index (χ1n) is 8.45. The summed E-state index contributed by atoms with van der Waals surface area (Å²) >= 11 is 0. The molecule has 1 aliphatic rings. The van der Waals surface area contributed by atoms with Gasteiger partial charge in [0.2, 0.25) is 0 Å². The van der Waals surface area contributed by atoms with E-state index in [4.69, 9.17) is 9.47 Å². The standard InChI is InChI=1S/C18H23N3O6/c1-18(2,3)20-17(25)19-14(22)10-27-16(24)8-9-21-12-6-4-5-7-13(12)26-11-15(21)23/h4-7H,8-11H2,1-3H3,(H2,19,20,22,25). The van der Waals surface area contributed by atoms with Crippen LogP contribution in [0.5, 0.6) is 5.75 Å². The molecule has 1 aromatic rings. The van der Waals surface area contributed by atoms with Gasteiger partial charge in [0.1, 0.15) is 5.75 Å². The lowest BCUT2D eigenvalue weighted by Gasteiger charge is -2.28. The molecule has 0 aliphatic carbocycles. The van der Waals surface area contributed by atoms with Gasteiger partial charge in [-0.2, -0.15) is 0 Å². The second-order valence-corrected chi connectivity index (χ2v) is 6.96. The zero-order valence-electron chi connectivity index (χ0n) is 15.5. The Bertz CT molecular complexity index is 741. The number of benzene rings is 1. The number of carbonyl (C=O) groups is 4. The fourth-order valence-electron chi connectivity index (χ4n) is 2.35. The van der Waals surface area contributed by atoms with Crippen molar-refractivity contribution in [1.29, 1.82) is 0 Å². The van der Waals surface area contributed by atoms with Gasteiger partial charge in [-0.25, -0.2) is 4.79 Å². The third-order valence-corrected chi connectivity index (χ3v) is 3.45. The van der Waals surface area contributed by atoms with Gasteiger partial charge in [0.15, 0.2) is 13.2 Å². The Morgan fingerprint density at radius 1 is 1.22 bits per heavy atom. The second kappa shape index (κ2) is 8.52. The Morgan fingerprint density at radius 3 is 2.63 bits per heavy atom. The van der Waals surface area contributed by atoms with Crippen LogP contribution in [0.25, 0.3) is 0 Å². The highest BCUT2D eigenvalue weighted by molar-refractivity contribution is 5.98. The van der Waals surface area contributed by atoms with E-state index in [9.17, 15) is 19.2 Å². The molecule has 27 heavy (non-hydrogen) atoms. The van der Waals surface area contributed by atoms with Gasteiger partial charge in [0, 0.05) is 12.1 Å². The Kier molecular flexibility index (Phi) is 6.38. The largest absolute Gasteiger partial charge is 0.482 e. The molecule has 0 bridgehead atoms. The number of urea groups is 1. The molecule has 0 unspecified atom stereocenters. The topological polar surface area (TPSA) is 114 Å². The van der Waals surface area contributed by atoms with E-state index >= 15 is 0 Å². The van der Waals surface area contributed by atoms with E-state index in [2.05, 4.69) is 10.6 Å². The SMILES string of the molecule is CC(C)(C)NC(=O)NC(=O)COC(=O)CCN1C(=O)COc2ccccc21. The second-order valence-electron chi connectivity index (χ2n) is 6.96. The van der Waals surface area contributed by atoms with Gasteiger partial charge in [-0.05, 0) is 32.9 Å². The third kappa shape index (κ3) is 6.28. The van der Waals surface area contributed by atoms with Crippen LogP contribution in [0.1, 0.15) is 27.2 Å². The molecule has 1 aliphatic heterocycles. The summed E-state index contributed by atoms with van der Waals surface area (Å²) in [6.07, 6.45) is -0.0957. The molecule has 2 N–H and O–H groups in total. The summed E-state index contributed by atoms with van der Waals surface area (Å²) in [5, 5.41) is 4.62. The van der Waals surface area contributed by atoms with Crippen LogP contribution in [0, 0.1) is 0 Å². The lowest BCUT2D eigenvalue weighted by molar-refractivity contribution is -0.148. The number of rotatable bonds is 5. The molecule has 1 aromatic carbocycles. The molecule has 1 heterocycles. The van der Waals surface area contributed by atoms with E-state index in [1.807, 2.05) is 0 Å². The fraction of sp³-hybridized carbons (Fsp3) is 0.444. The molecule has 0 radical (unpaired) electrons. The minimum Gasteiger partial charge on any atom is -0.482 e. The molecule has 9 nitrogen and oxygen atoms in total. The van der Waals surface area contributed by atoms with Crippen molar-refractivity contribution < 1.29 is 28.7 Å². The maximum atomic E-state index is 12.0. The molecule has 9 heteroatoms. The predicted molar refractivity (Wildman–Crippen MR) is 96.3 cm³/mol. The van der Waals surface area contributed by atoms with Crippen molar-refractivity contribution in [3.05, 3.63) is 24.3 Å². The maximum Gasteiger partial charge on any atom is 0.321 e. The zero-order chi connectivity index (χ0) is 20.0. The molecule has 0 spiro atoms. The number of imide groups is 1. The number of hydrogen-bond acceptors (Lipinski definition) is 6. The molecule has 0 fully saturated rings. The number of fused-ring (bicyclic) bond motifs is 1. The number of nitrogens with one attached hydrogen (secondary N) is 2. The number of ether oxygens (including phenoxy) is 2. The number of para-hydroxylation sites is 2. The summed E-state index contributed by atoms with van der Waals surface area (Å²) in [7, 11) is 0. The maximum absolute atomic E-state index is 12.0. The molecule has 146 valence electrons. The summed E-state index contributed by atoms with van der Waals surface area (Å²) < 4.78 is 10.2. The normalized spacial score (nSPS) is 13.3. The molecule has 0 atom stereocenters. The van der Waals surface area contributed by atoms with Gasteiger partial charge in [-0.15, -0.1) is 0 Å². The number of amides is 4. The fourth-order valence-corrected chi connectivity index (χ4v) is 2.35. The van der Waals surface area contributed by atoms with Crippen molar-refractivity contribution in [2.75, 3.05) is 24.7 Å². The van der Waals surface area contributed by atoms with Crippen molar-refractivity contribution in [1.82, 2.24) is 10.6 Å². The van der Waals surface area contributed by atoms with Crippen LogP contribution in [0.3, 0.4) is 0 Å². The number of carbonyl (C=O) groups excluding carboxylic acids is 4. The van der Waals surface area contributed by atoms with Crippen LogP contribution in [0.4, 0.5) is 10.5 Å². The first kappa shape index (κ1) is 20.2. The van der Waals surface area contributed by atoms with E-state index < -0.39 is 30.1 Å². The first-order chi connectivity index (χ1) is 12.7. The van der Waals surface area contributed by atoms with Gasteiger partial charge in [0.25, 0.3) is 11.8 Å². The van der Waals surface area contributed by atoms with Gasteiger partial charge >= 0.3 is 12.0 Å². The number of hydrogen-bond donors (Lipinski definition) is 2. The molecular formula is C18H23N3O6. The van der Waals surface area contributed by atoms with Crippen molar-refractivity contribution in [2.45, 2.75) is 32.7 Å². The summed E-state index contributed by atoms with van der Waals surface area (Å²) in [6, 6.07) is 6.34. The van der Waals surface area contributed by atoms with E-state index in [0.29, 0.717) is 11.4 Å². The Morgan fingerprint density at radius 2 is 1.93 bits per heavy atom. The molecule has 0 saturated heterocycles. The third-order valence-electron chi connectivity index (χ3n) is 3.45. The van der Waals surface area contributed by atoms with Crippen LogP contribution < -0.4 is 20.3 Å². The monoisotopic (exact) mass is 377 g/mol. The summed E-state index contributed by atoms with van der Waals surface area (Å²) in [5.41, 5.74) is 0.0836. The van der Waals surface area contributed by atoms with Crippen LogP contribution in [0.15, 0.2) is 24.3 Å². The quantitative estimate of drug-likeness (QED) is 0.739. The van der Waals surface area contributed by atoms with Gasteiger partial charge in [-0.1, -0.05) is 12.1 Å². The molecule has 4 amide bonds. The van der Waals surface area contributed by atoms with Gasteiger partial charge < -0.3 is 19.7 Å². The predicted octanol–water partition coefficient (Wildman–Crippen LogP) is 0.970. The molecule has 0 saturated carbocycles. The Labute approximate surface area is 157 Å². The van der Waals surface area contributed by atoms with Crippen molar-refractivity contribution >= 4 is 29.5 Å². The highest BCUT2D eigenvalue weighted by Gasteiger charge is 2.25.